The Balaban J connectivity index is 2.51. The van der Waals surface area contributed by atoms with Crippen molar-refractivity contribution in [3.05, 3.63) is 0 Å². The molecule has 1 N–H and O–H groups in total. The Morgan fingerprint density at radius 3 is 2.79 bits per heavy atom. The summed E-state index contributed by atoms with van der Waals surface area (Å²) in [5.74, 6) is 1.10. The van der Waals surface area contributed by atoms with Gasteiger partial charge >= 0.3 is 0 Å². The summed E-state index contributed by atoms with van der Waals surface area (Å²) in [6.45, 7) is 5.71. The summed E-state index contributed by atoms with van der Waals surface area (Å²) in [5.41, 5.74) is 0. The molecule has 0 unspecified atom stereocenters. The smallest absolute Gasteiger partial charge is 0.163 e. The second-order valence-corrected chi connectivity index (χ2v) is 5.05. The molecule has 0 bridgehead atoms. The van der Waals surface area contributed by atoms with Crippen molar-refractivity contribution in [1.29, 1.82) is 0 Å². The van der Waals surface area contributed by atoms with E-state index in [1.807, 2.05) is 32.7 Å². The average Bonchev–Trinajstić information content (AvgIpc) is 2.10. The number of ether oxygens (including phenoxy) is 2. The lowest BCUT2D eigenvalue weighted by Crippen LogP contribution is -2.49. The van der Waals surface area contributed by atoms with E-state index in [0.29, 0.717) is 12.0 Å². The molecule has 0 spiro atoms. The van der Waals surface area contributed by atoms with Crippen molar-refractivity contribution in [2.75, 3.05) is 32.2 Å². The highest BCUT2D eigenvalue weighted by Gasteiger charge is 2.35. The third-order valence-corrected chi connectivity index (χ3v) is 3.07. The molecule has 84 valence electrons. The minimum absolute atomic E-state index is 0.307. The van der Waals surface area contributed by atoms with Gasteiger partial charge in [0.2, 0.25) is 0 Å². The van der Waals surface area contributed by atoms with Crippen LogP contribution in [0.4, 0.5) is 0 Å². The fourth-order valence-electron chi connectivity index (χ4n) is 1.70. The SMILES string of the molecule is CNC[C@@H]1COC(C)(C)O[C@H]1CSC. The molecule has 0 amide bonds. The molecular weight excluding hydrogens is 198 g/mol. The van der Waals surface area contributed by atoms with E-state index in [0.717, 1.165) is 18.9 Å². The molecule has 4 heteroatoms. The highest BCUT2D eigenvalue weighted by Crippen LogP contribution is 2.27. The van der Waals surface area contributed by atoms with E-state index in [1.165, 1.54) is 0 Å². The van der Waals surface area contributed by atoms with Crippen LogP contribution in [-0.2, 0) is 9.47 Å². The Hall–Kier alpha value is 0.230. The summed E-state index contributed by atoms with van der Waals surface area (Å²) >= 11 is 1.83. The van der Waals surface area contributed by atoms with Gasteiger partial charge in [0.1, 0.15) is 0 Å². The van der Waals surface area contributed by atoms with Gasteiger partial charge in [-0.2, -0.15) is 11.8 Å². The lowest BCUT2D eigenvalue weighted by molar-refractivity contribution is -0.286. The first kappa shape index (κ1) is 12.3. The van der Waals surface area contributed by atoms with Gasteiger partial charge in [0.25, 0.3) is 0 Å². The van der Waals surface area contributed by atoms with Crippen LogP contribution in [0.15, 0.2) is 0 Å². The molecule has 2 atom stereocenters. The van der Waals surface area contributed by atoms with Gasteiger partial charge < -0.3 is 14.8 Å². The normalized spacial score (nSPS) is 31.7. The molecule has 0 saturated carbocycles. The van der Waals surface area contributed by atoms with Crippen molar-refractivity contribution in [1.82, 2.24) is 5.32 Å². The predicted molar refractivity (Wildman–Crippen MR) is 60.7 cm³/mol. The number of hydrogen-bond donors (Lipinski definition) is 1. The zero-order valence-electron chi connectivity index (χ0n) is 9.50. The maximum atomic E-state index is 5.90. The topological polar surface area (TPSA) is 30.5 Å². The van der Waals surface area contributed by atoms with Gasteiger partial charge in [0, 0.05) is 18.2 Å². The van der Waals surface area contributed by atoms with Crippen LogP contribution in [0.25, 0.3) is 0 Å². The second-order valence-electron chi connectivity index (χ2n) is 4.14. The Kier molecular flexibility index (Phi) is 4.70. The molecule has 14 heavy (non-hydrogen) atoms. The number of hydrogen-bond acceptors (Lipinski definition) is 4. The summed E-state index contributed by atoms with van der Waals surface area (Å²) in [6.07, 6.45) is 2.42. The minimum atomic E-state index is -0.412. The highest BCUT2D eigenvalue weighted by molar-refractivity contribution is 7.98. The Morgan fingerprint density at radius 1 is 1.50 bits per heavy atom. The van der Waals surface area contributed by atoms with E-state index in [9.17, 15) is 0 Å². The van der Waals surface area contributed by atoms with Crippen LogP contribution in [0.1, 0.15) is 13.8 Å². The maximum Gasteiger partial charge on any atom is 0.163 e. The quantitative estimate of drug-likeness (QED) is 0.773. The van der Waals surface area contributed by atoms with Crippen LogP contribution >= 0.6 is 11.8 Å². The van der Waals surface area contributed by atoms with Crippen molar-refractivity contribution < 1.29 is 9.47 Å². The Bertz CT molecular complexity index is 176. The van der Waals surface area contributed by atoms with Crippen molar-refractivity contribution in [2.45, 2.75) is 25.7 Å². The molecule has 1 aliphatic rings. The molecule has 1 aliphatic heterocycles. The number of thioether (sulfide) groups is 1. The average molecular weight is 219 g/mol. The standard InChI is InChI=1S/C10H21NO2S/c1-10(2)12-6-8(5-11-3)9(13-10)7-14-4/h8-9,11H,5-7H2,1-4H3/t8-,9+/m1/s1. The monoisotopic (exact) mass is 219 g/mol. The zero-order chi connectivity index (χ0) is 10.6. The van der Waals surface area contributed by atoms with Crippen LogP contribution in [0.3, 0.4) is 0 Å². The van der Waals surface area contributed by atoms with E-state index in [2.05, 4.69) is 11.6 Å². The zero-order valence-corrected chi connectivity index (χ0v) is 10.3. The van der Waals surface area contributed by atoms with Crippen molar-refractivity contribution >= 4 is 11.8 Å². The summed E-state index contributed by atoms with van der Waals surface area (Å²) < 4.78 is 11.5. The van der Waals surface area contributed by atoms with Crippen molar-refractivity contribution in [3.63, 3.8) is 0 Å². The fraction of sp³-hybridized carbons (Fsp3) is 1.00. The highest BCUT2D eigenvalue weighted by atomic mass is 32.2. The molecule has 1 saturated heterocycles. The first-order valence-corrected chi connectivity index (χ1v) is 6.44. The summed E-state index contributed by atoms with van der Waals surface area (Å²) in [7, 11) is 1.97. The largest absolute Gasteiger partial charge is 0.350 e. The van der Waals surface area contributed by atoms with Gasteiger partial charge in [-0.3, -0.25) is 0 Å². The number of rotatable bonds is 4. The molecule has 3 nitrogen and oxygen atoms in total. The van der Waals surface area contributed by atoms with Crippen LogP contribution in [-0.4, -0.2) is 44.1 Å². The lowest BCUT2D eigenvalue weighted by atomic mass is 10.0. The van der Waals surface area contributed by atoms with E-state index < -0.39 is 5.79 Å². The molecule has 1 fully saturated rings. The van der Waals surface area contributed by atoms with Crippen LogP contribution < -0.4 is 5.32 Å². The summed E-state index contributed by atoms with van der Waals surface area (Å²) in [6, 6.07) is 0. The van der Waals surface area contributed by atoms with E-state index >= 15 is 0 Å². The van der Waals surface area contributed by atoms with Gasteiger partial charge in [-0.05, 0) is 27.2 Å². The number of nitrogens with one attached hydrogen (secondary N) is 1. The van der Waals surface area contributed by atoms with E-state index in [-0.39, 0.29) is 0 Å². The molecular formula is C10H21NO2S. The Labute approximate surface area is 90.9 Å². The van der Waals surface area contributed by atoms with Crippen LogP contribution in [0.5, 0.6) is 0 Å². The first-order valence-electron chi connectivity index (χ1n) is 5.04. The molecule has 1 rings (SSSR count). The van der Waals surface area contributed by atoms with Crippen LogP contribution in [0, 0.1) is 5.92 Å². The minimum Gasteiger partial charge on any atom is -0.350 e. The predicted octanol–water partition coefficient (Wildman–Crippen LogP) is 1.34. The molecule has 0 aliphatic carbocycles. The van der Waals surface area contributed by atoms with Gasteiger partial charge in [0.15, 0.2) is 5.79 Å². The van der Waals surface area contributed by atoms with Gasteiger partial charge in [-0.1, -0.05) is 0 Å². The van der Waals surface area contributed by atoms with E-state index in [4.69, 9.17) is 9.47 Å². The summed E-state index contributed by atoms with van der Waals surface area (Å²) in [5, 5.41) is 3.18. The van der Waals surface area contributed by atoms with Crippen LogP contribution in [0.2, 0.25) is 0 Å². The molecule has 0 aromatic heterocycles. The molecule has 1 heterocycles. The summed E-state index contributed by atoms with van der Waals surface area (Å²) in [4.78, 5) is 0. The Morgan fingerprint density at radius 2 is 2.21 bits per heavy atom. The first-order chi connectivity index (χ1) is 6.59. The molecule has 0 aromatic carbocycles. The van der Waals surface area contributed by atoms with Gasteiger partial charge in [-0.15, -0.1) is 0 Å². The maximum absolute atomic E-state index is 5.90. The fourth-order valence-corrected chi connectivity index (χ4v) is 2.37. The molecule has 0 aromatic rings. The lowest BCUT2D eigenvalue weighted by Gasteiger charge is -2.41. The molecule has 0 radical (unpaired) electrons. The van der Waals surface area contributed by atoms with E-state index in [1.54, 1.807) is 0 Å². The van der Waals surface area contributed by atoms with Crippen molar-refractivity contribution in [2.24, 2.45) is 5.92 Å². The van der Waals surface area contributed by atoms with Gasteiger partial charge in [0.05, 0.1) is 12.7 Å². The third kappa shape index (κ3) is 3.42. The van der Waals surface area contributed by atoms with Crippen molar-refractivity contribution in [3.8, 4) is 0 Å². The van der Waals surface area contributed by atoms with Gasteiger partial charge in [-0.25, -0.2) is 0 Å². The second kappa shape index (κ2) is 5.35. The third-order valence-electron chi connectivity index (χ3n) is 2.40.